The van der Waals surface area contributed by atoms with E-state index in [2.05, 4.69) is 5.32 Å². The number of aliphatic hydroxyl groups excluding tert-OH is 1. The number of benzene rings is 1. The third-order valence-electron chi connectivity index (χ3n) is 3.60. The van der Waals surface area contributed by atoms with Gasteiger partial charge in [-0.05, 0) is 24.0 Å². The summed E-state index contributed by atoms with van der Waals surface area (Å²) in [6, 6.07) is 4.23. The number of amides is 3. The molecular formula is C15H18N2O5S. The maximum absolute atomic E-state index is 12.0. The maximum Gasteiger partial charge on any atom is 0.255 e. The third-order valence-corrected chi connectivity index (χ3v) is 4.53. The lowest BCUT2D eigenvalue weighted by Crippen LogP contribution is -2.38. The zero-order valence-electron chi connectivity index (χ0n) is 12.6. The van der Waals surface area contributed by atoms with E-state index in [1.54, 1.807) is 6.26 Å². The molecule has 0 spiro atoms. The van der Waals surface area contributed by atoms with E-state index in [-0.39, 0.29) is 54.5 Å². The smallest absolute Gasteiger partial charge is 0.255 e. The molecule has 1 aromatic rings. The molecule has 1 heterocycles. The van der Waals surface area contributed by atoms with Crippen molar-refractivity contribution in [2.75, 3.05) is 19.3 Å². The molecule has 1 saturated heterocycles. The lowest BCUT2D eigenvalue weighted by molar-refractivity contribution is -0.138. The van der Waals surface area contributed by atoms with E-state index in [0.717, 1.165) is 4.90 Å². The van der Waals surface area contributed by atoms with Crippen molar-refractivity contribution < 1.29 is 24.6 Å². The van der Waals surface area contributed by atoms with E-state index >= 15 is 0 Å². The van der Waals surface area contributed by atoms with E-state index in [0.29, 0.717) is 5.56 Å². The van der Waals surface area contributed by atoms with Crippen LogP contribution in [0.1, 0.15) is 22.3 Å². The first kappa shape index (κ1) is 17.3. The number of aliphatic hydroxyl groups is 1. The van der Waals surface area contributed by atoms with E-state index in [1.165, 1.54) is 30.0 Å². The minimum atomic E-state index is -0.529. The first-order chi connectivity index (χ1) is 11.0. The summed E-state index contributed by atoms with van der Waals surface area (Å²) in [6.45, 7) is -0.0471. The van der Waals surface area contributed by atoms with Crippen LogP contribution in [0.4, 0.5) is 0 Å². The van der Waals surface area contributed by atoms with E-state index < -0.39 is 5.91 Å². The van der Waals surface area contributed by atoms with Crippen molar-refractivity contribution >= 4 is 29.5 Å². The number of thioether (sulfide) groups is 1. The van der Waals surface area contributed by atoms with E-state index in [1.807, 2.05) is 0 Å². The zero-order chi connectivity index (χ0) is 17.0. The van der Waals surface area contributed by atoms with Gasteiger partial charge in [0.25, 0.3) is 5.91 Å². The second-order valence-electron chi connectivity index (χ2n) is 5.08. The SMILES string of the molecule is CSC1CC(=O)N(CCNC(=O)c2cc(CO)ccc2O)C1=O. The first-order valence-corrected chi connectivity index (χ1v) is 8.34. The molecule has 0 radical (unpaired) electrons. The second-order valence-corrected chi connectivity index (χ2v) is 6.12. The quantitative estimate of drug-likeness (QED) is 0.635. The average Bonchev–Trinajstić information content (AvgIpc) is 2.82. The fourth-order valence-corrected chi connectivity index (χ4v) is 2.95. The number of nitrogens with zero attached hydrogens (tertiary/aromatic N) is 1. The Hall–Kier alpha value is -2.06. The molecule has 1 aliphatic rings. The summed E-state index contributed by atoms with van der Waals surface area (Å²) in [5.74, 6) is -1.20. The normalized spacial score (nSPS) is 17.7. The van der Waals surface area contributed by atoms with E-state index in [4.69, 9.17) is 5.11 Å². The Bertz CT molecular complexity index is 634. The molecule has 1 aromatic carbocycles. The molecule has 1 unspecified atom stereocenters. The molecule has 3 N–H and O–H groups in total. The molecule has 124 valence electrons. The van der Waals surface area contributed by atoms with Crippen LogP contribution in [-0.2, 0) is 16.2 Å². The highest BCUT2D eigenvalue weighted by Crippen LogP contribution is 2.22. The predicted octanol–water partition coefficient (Wildman–Crippen LogP) is 0.105. The molecule has 23 heavy (non-hydrogen) atoms. The number of hydrogen-bond acceptors (Lipinski definition) is 6. The van der Waals surface area contributed by atoms with Gasteiger partial charge < -0.3 is 15.5 Å². The van der Waals surface area contributed by atoms with Crippen LogP contribution in [0.25, 0.3) is 0 Å². The van der Waals surface area contributed by atoms with Gasteiger partial charge in [-0.25, -0.2) is 0 Å². The van der Waals surface area contributed by atoms with Crippen molar-refractivity contribution in [2.45, 2.75) is 18.3 Å². The predicted molar refractivity (Wildman–Crippen MR) is 85.0 cm³/mol. The van der Waals surface area contributed by atoms with Gasteiger partial charge in [0.1, 0.15) is 5.75 Å². The summed E-state index contributed by atoms with van der Waals surface area (Å²) in [7, 11) is 0. The minimum Gasteiger partial charge on any atom is -0.507 e. The molecular weight excluding hydrogens is 320 g/mol. The molecule has 8 heteroatoms. The van der Waals surface area contributed by atoms with Crippen molar-refractivity contribution in [2.24, 2.45) is 0 Å². The van der Waals surface area contributed by atoms with Crippen molar-refractivity contribution in [3.05, 3.63) is 29.3 Å². The molecule has 1 atom stereocenters. The first-order valence-electron chi connectivity index (χ1n) is 7.06. The molecule has 3 amide bonds. The van der Waals surface area contributed by atoms with Crippen LogP contribution < -0.4 is 5.32 Å². The highest BCUT2D eigenvalue weighted by atomic mass is 32.2. The summed E-state index contributed by atoms with van der Waals surface area (Å²) in [6.07, 6.45) is 1.96. The molecule has 0 aromatic heterocycles. The Morgan fingerprint density at radius 1 is 1.43 bits per heavy atom. The molecule has 0 bridgehead atoms. The number of imide groups is 1. The van der Waals surface area contributed by atoms with Crippen molar-refractivity contribution in [3.8, 4) is 5.75 Å². The topological polar surface area (TPSA) is 107 Å². The lowest BCUT2D eigenvalue weighted by Gasteiger charge is -2.15. The van der Waals surface area contributed by atoms with Crippen LogP contribution >= 0.6 is 11.8 Å². The fourth-order valence-electron chi connectivity index (χ4n) is 2.31. The largest absolute Gasteiger partial charge is 0.507 e. The van der Waals surface area contributed by atoms with Crippen LogP contribution in [0.5, 0.6) is 5.75 Å². The van der Waals surface area contributed by atoms with E-state index in [9.17, 15) is 19.5 Å². The van der Waals surface area contributed by atoms with Gasteiger partial charge in [0.2, 0.25) is 11.8 Å². The van der Waals surface area contributed by atoms with Crippen LogP contribution in [0.15, 0.2) is 18.2 Å². The summed E-state index contributed by atoms with van der Waals surface area (Å²) < 4.78 is 0. The molecule has 0 saturated carbocycles. The number of phenolic OH excluding ortho intramolecular Hbond substituents is 1. The van der Waals surface area contributed by atoms with Gasteiger partial charge in [-0.1, -0.05) is 6.07 Å². The average molecular weight is 338 g/mol. The standard InChI is InChI=1S/C15H18N2O5S/c1-23-12-7-13(20)17(15(12)22)5-4-16-14(21)10-6-9(8-18)2-3-11(10)19/h2-3,6,12,18-19H,4-5,7-8H2,1H3,(H,16,21). The number of carbonyl (C=O) groups is 3. The molecule has 1 aliphatic heterocycles. The van der Waals surface area contributed by atoms with Gasteiger partial charge in [0.15, 0.2) is 0 Å². The number of carbonyl (C=O) groups excluding carboxylic acids is 3. The van der Waals surface area contributed by atoms with Gasteiger partial charge in [-0.3, -0.25) is 19.3 Å². The van der Waals surface area contributed by atoms with Crippen LogP contribution in [0, 0.1) is 0 Å². The molecule has 1 fully saturated rings. The van der Waals surface area contributed by atoms with Crippen molar-refractivity contribution in [3.63, 3.8) is 0 Å². The van der Waals surface area contributed by atoms with Crippen LogP contribution in [-0.4, -0.2) is 57.4 Å². The molecule has 2 rings (SSSR count). The third kappa shape index (κ3) is 3.83. The van der Waals surface area contributed by atoms with Crippen molar-refractivity contribution in [1.82, 2.24) is 10.2 Å². The second kappa shape index (κ2) is 7.47. The van der Waals surface area contributed by atoms with Crippen LogP contribution in [0.3, 0.4) is 0 Å². The number of phenols is 1. The van der Waals surface area contributed by atoms with Gasteiger partial charge in [-0.2, -0.15) is 11.8 Å². The highest BCUT2D eigenvalue weighted by Gasteiger charge is 2.37. The Balaban J connectivity index is 1.93. The number of likely N-dealkylation sites (tertiary alicyclic amines) is 1. The number of hydrogen-bond donors (Lipinski definition) is 3. The monoisotopic (exact) mass is 338 g/mol. The lowest BCUT2D eigenvalue weighted by atomic mass is 10.1. The van der Waals surface area contributed by atoms with Crippen LogP contribution in [0.2, 0.25) is 0 Å². The number of nitrogens with one attached hydrogen (secondary N) is 1. The maximum atomic E-state index is 12.0. The van der Waals surface area contributed by atoms with Gasteiger partial charge >= 0.3 is 0 Å². The summed E-state index contributed by atoms with van der Waals surface area (Å²) in [4.78, 5) is 36.9. The Labute approximate surface area is 137 Å². The molecule has 7 nitrogen and oxygen atoms in total. The summed E-state index contributed by atoms with van der Waals surface area (Å²) >= 11 is 1.33. The fraction of sp³-hybridized carbons (Fsp3) is 0.400. The minimum absolute atomic E-state index is 0.0395. The Morgan fingerprint density at radius 3 is 2.78 bits per heavy atom. The Kier molecular flexibility index (Phi) is 5.62. The number of aromatic hydroxyl groups is 1. The number of rotatable bonds is 6. The zero-order valence-corrected chi connectivity index (χ0v) is 13.4. The molecule has 0 aliphatic carbocycles. The Morgan fingerprint density at radius 2 is 2.17 bits per heavy atom. The summed E-state index contributed by atoms with van der Waals surface area (Å²) in [5, 5.41) is 21.0. The summed E-state index contributed by atoms with van der Waals surface area (Å²) in [5.41, 5.74) is 0.540. The van der Waals surface area contributed by atoms with Gasteiger partial charge in [-0.15, -0.1) is 0 Å². The van der Waals surface area contributed by atoms with Crippen molar-refractivity contribution in [1.29, 1.82) is 0 Å². The van der Waals surface area contributed by atoms with Gasteiger partial charge in [0.05, 0.1) is 17.4 Å². The highest BCUT2D eigenvalue weighted by molar-refractivity contribution is 8.00. The van der Waals surface area contributed by atoms with Gasteiger partial charge in [0, 0.05) is 19.5 Å².